The molecule has 4 atom stereocenters. The molecular weight excluding hydrogens is 416 g/mol. The van der Waals surface area contributed by atoms with Crippen LogP contribution >= 0.6 is 0 Å². The maximum atomic E-state index is 13.3. The summed E-state index contributed by atoms with van der Waals surface area (Å²) in [4.78, 5) is 13.3. The number of benzene rings is 1. The van der Waals surface area contributed by atoms with Crippen LogP contribution in [0.1, 0.15) is 113 Å². The van der Waals surface area contributed by atoms with Crippen molar-refractivity contribution in [2.24, 2.45) is 11.3 Å². The zero-order valence-corrected chi connectivity index (χ0v) is 20.2. The van der Waals surface area contributed by atoms with Gasteiger partial charge in [0.1, 0.15) is 0 Å². The minimum Gasteiger partial charge on any atom is -0.432 e. The molecule has 4 unspecified atom stereocenters. The van der Waals surface area contributed by atoms with E-state index < -0.39 is 22.9 Å². The lowest BCUT2D eigenvalue weighted by Gasteiger charge is -2.64. The summed E-state index contributed by atoms with van der Waals surface area (Å²) in [6, 6.07) is 7.72. The van der Waals surface area contributed by atoms with E-state index in [-0.39, 0.29) is 18.0 Å². The topological polar surface area (TPSA) is 76.0 Å². The predicted octanol–water partition coefficient (Wildman–Crippen LogP) is 5.48. The molecule has 5 aliphatic rings. The Morgan fingerprint density at radius 1 is 1.00 bits per heavy atom. The first kappa shape index (κ1) is 23.3. The molecule has 0 heterocycles. The quantitative estimate of drug-likeness (QED) is 0.420. The Morgan fingerprint density at radius 2 is 1.64 bits per heavy atom. The summed E-state index contributed by atoms with van der Waals surface area (Å²) in [7, 11) is 0. The fourth-order valence-electron chi connectivity index (χ4n) is 7.69. The zero-order valence-electron chi connectivity index (χ0n) is 20.2. The summed E-state index contributed by atoms with van der Waals surface area (Å²) in [5.74, 6) is 0.328. The SMILES string of the molecule is CCC(C)c1ccc(C(=O)OC(OC2CCCCC2)C23CC4CC(O)(CC(O)(C4)C2)C3)cc1. The molecule has 5 nitrogen and oxygen atoms in total. The van der Waals surface area contributed by atoms with Crippen molar-refractivity contribution in [3.63, 3.8) is 0 Å². The first-order chi connectivity index (χ1) is 15.7. The van der Waals surface area contributed by atoms with Crippen molar-refractivity contribution in [1.29, 1.82) is 0 Å². The molecule has 0 aliphatic heterocycles. The smallest absolute Gasteiger partial charge is 0.340 e. The van der Waals surface area contributed by atoms with Gasteiger partial charge >= 0.3 is 5.97 Å². The van der Waals surface area contributed by atoms with Gasteiger partial charge in [0, 0.05) is 11.8 Å². The van der Waals surface area contributed by atoms with Crippen molar-refractivity contribution < 1.29 is 24.5 Å². The highest BCUT2D eigenvalue weighted by atomic mass is 16.7. The summed E-state index contributed by atoms with van der Waals surface area (Å²) >= 11 is 0. The predicted molar refractivity (Wildman–Crippen MR) is 126 cm³/mol. The Morgan fingerprint density at radius 3 is 2.21 bits per heavy atom. The van der Waals surface area contributed by atoms with Crippen molar-refractivity contribution in [2.75, 3.05) is 0 Å². The van der Waals surface area contributed by atoms with E-state index in [9.17, 15) is 15.0 Å². The molecule has 0 aromatic heterocycles. The van der Waals surface area contributed by atoms with Crippen LogP contribution in [0.25, 0.3) is 0 Å². The van der Waals surface area contributed by atoms with E-state index in [1.54, 1.807) is 0 Å². The van der Waals surface area contributed by atoms with Gasteiger partial charge in [0.05, 0.1) is 22.9 Å². The van der Waals surface area contributed by atoms with Crippen molar-refractivity contribution in [3.8, 4) is 0 Å². The monoisotopic (exact) mass is 456 g/mol. The lowest BCUT2D eigenvalue weighted by molar-refractivity contribution is -0.301. The summed E-state index contributed by atoms with van der Waals surface area (Å²) < 4.78 is 12.7. The Kier molecular flexibility index (Phi) is 6.12. The highest BCUT2D eigenvalue weighted by Crippen LogP contribution is 2.65. The number of ether oxygens (including phenoxy) is 2. The third-order valence-electron chi connectivity index (χ3n) is 8.96. The van der Waals surface area contributed by atoms with Gasteiger partial charge in [0.2, 0.25) is 6.29 Å². The molecule has 6 rings (SSSR count). The van der Waals surface area contributed by atoms with Gasteiger partial charge in [-0.3, -0.25) is 0 Å². The molecule has 4 bridgehead atoms. The van der Waals surface area contributed by atoms with Crippen LogP contribution in [-0.4, -0.2) is 39.8 Å². The summed E-state index contributed by atoms with van der Waals surface area (Å²) in [5.41, 5.74) is -0.539. The van der Waals surface area contributed by atoms with Gasteiger partial charge in [-0.1, -0.05) is 45.2 Å². The molecule has 182 valence electrons. The standard InChI is InChI=1S/C28H40O5/c1-3-19(2)21-9-11-22(12-10-21)24(29)33-25(32-23-7-5-4-6-8-23)26-13-20-14-27(30,16-26)18-28(31,15-20)17-26/h9-12,19-20,23,25,30-31H,3-8,13-18H2,1-2H3. The number of carbonyl (C=O) groups is 1. The Balaban J connectivity index is 1.40. The van der Waals surface area contributed by atoms with E-state index in [4.69, 9.17) is 9.47 Å². The van der Waals surface area contributed by atoms with Gasteiger partial charge in [-0.05, 0) is 80.9 Å². The molecule has 2 N–H and O–H groups in total. The maximum Gasteiger partial charge on any atom is 0.340 e. The van der Waals surface area contributed by atoms with Gasteiger partial charge in [-0.2, -0.15) is 0 Å². The van der Waals surface area contributed by atoms with Gasteiger partial charge in [0.15, 0.2) is 0 Å². The minimum atomic E-state index is -0.882. The fraction of sp³-hybridized carbons (Fsp3) is 0.750. The molecule has 0 radical (unpaired) electrons. The van der Waals surface area contributed by atoms with Gasteiger partial charge in [0.25, 0.3) is 0 Å². The van der Waals surface area contributed by atoms with Crippen molar-refractivity contribution in [3.05, 3.63) is 35.4 Å². The number of aliphatic hydroxyl groups is 2. The van der Waals surface area contributed by atoms with Crippen LogP contribution in [0.5, 0.6) is 0 Å². The van der Waals surface area contributed by atoms with Gasteiger partial charge in [-0.25, -0.2) is 4.79 Å². The van der Waals surface area contributed by atoms with Crippen molar-refractivity contribution >= 4 is 5.97 Å². The normalized spacial score (nSPS) is 37.6. The van der Waals surface area contributed by atoms with Gasteiger partial charge in [-0.15, -0.1) is 0 Å². The van der Waals surface area contributed by atoms with Crippen LogP contribution in [0.2, 0.25) is 0 Å². The van der Waals surface area contributed by atoms with E-state index in [2.05, 4.69) is 13.8 Å². The minimum absolute atomic E-state index is 0.0709. The molecule has 0 amide bonds. The molecule has 0 saturated heterocycles. The van der Waals surface area contributed by atoms with Crippen LogP contribution in [0, 0.1) is 11.3 Å². The second-order valence-corrected chi connectivity index (χ2v) is 11.9. The Bertz CT molecular complexity index is 840. The first-order valence-electron chi connectivity index (χ1n) is 13.1. The van der Waals surface area contributed by atoms with Crippen LogP contribution in [0.15, 0.2) is 24.3 Å². The summed E-state index contributed by atoms with van der Waals surface area (Å²) in [5, 5.41) is 22.6. The zero-order chi connectivity index (χ0) is 23.3. The number of hydrogen-bond donors (Lipinski definition) is 2. The van der Waals surface area contributed by atoms with Gasteiger partial charge < -0.3 is 19.7 Å². The Labute approximate surface area is 197 Å². The average Bonchev–Trinajstić information content (AvgIpc) is 2.76. The second-order valence-electron chi connectivity index (χ2n) is 11.9. The van der Waals surface area contributed by atoms with Crippen LogP contribution < -0.4 is 0 Å². The molecule has 5 aliphatic carbocycles. The summed E-state index contributed by atoms with van der Waals surface area (Å²) in [6.07, 6.45) is 9.65. The summed E-state index contributed by atoms with van der Waals surface area (Å²) in [6.45, 7) is 4.34. The molecule has 0 spiro atoms. The van der Waals surface area contributed by atoms with E-state index in [0.29, 0.717) is 30.7 Å². The fourth-order valence-corrected chi connectivity index (χ4v) is 7.69. The Hall–Kier alpha value is -1.43. The van der Waals surface area contributed by atoms with E-state index in [1.165, 1.54) is 12.0 Å². The molecule has 5 fully saturated rings. The van der Waals surface area contributed by atoms with Crippen LogP contribution in [0.4, 0.5) is 0 Å². The number of rotatable bonds is 7. The number of hydrogen-bond acceptors (Lipinski definition) is 5. The van der Waals surface area contributed by atoms with Crippen molar-refractivity contribution in [2.45, 2.75) is 120 Å². The van der Waals surface area contributed by atoms with Crippen LogP contribution in [0.3, 0.4) is 0 Å². The second kappa shape index (κ2) is 8.66. The maximum absolute atomic E-state index is 13.3. The lowest BCUT2D eigenvalue weighted by atomic mass is 9.46. The number of carbonyl (C=O) groups excluding carboxylic acids is 1. The molecule has 1 aromatic carbocycles. The largest absolute Gasteiger partial charge is 0.432 e. The highest BCUT2D eigenvalue weighted by Gasteiger charge is 2.66. The highest BCUT2D eigenvalue weighted by molar-refractivity contribution is 5.89. The molecular formula is C28H40O5. The third kappa shape index (κ3) is 4.61. The van der Waals surface area contributed by atoms with Crippen LogP contribution in [-0.2, 0) is 9.47 Å². The third-order valence-corrected chi connectivity index (χ3v) is 8.96. The average molecular weight is 457 g/mol. The molecule has 1 aromatic rings. The van der Waals surface area contributed by atoms with E-state index in [0.717, 1.165) is 51.4 Å². The molecule has 33 heavy (non-hydrogen) atoms. The first-order valence-corrected chi connectivity index (χ1v) is 13.1. The molecule has 5 heteroatoms. The molecule has 5 saturated carbocycles. The lowest BCUT2D eigenvalue weighted by Crippen LogP contribution is -2.66. The van der Waals surface area contributed by atoms with E-state index >= 15 is 0 Å². The van der Waals surface area contributed by atoms with Crippen molar-refractivity contribution in [1.82, 2.24) is 0 Å². The van der Waals surface area contributed by atoms with E-state index in [1.807, 2.05) is 24.3 Å². The number of esters is 1.